The van der Waals surface area contributed by atoms with Crippen molar-refractivity contribution in [2.75, 3.05) is 13.7 Å². The van der Waals surface area contributed by atoms with E-state index < -0.39 is 5.91 Å². The predicted octanol–water partition coefficient (Wildman–Crippen LogP) is 2.11. The molecular weight excluding hydrogens is 372 g/mol. The van der Waals surface area contributed by atoms with Gasteiger partial charge >= 0.3 is 0 Å². The fourth-order valence-electron chi connectivity index (χ4n) is 3.12. The van der Waals surface area contributed by atoms with Gasteiger partial charge in [0, 0.05) is 13.1 Å². The Morgan fingerprint density at radius 3 is 3.08 bits per heavy atom. The topological polar surface area (TPSA) is 82.2 Å². The molecule has 2 heterocycles. The third-order valence-electron chi connectivity index (χ3n) is 4.42. The number of methoxy groups -OCH3 is 1. The van der Waals surface area contributed by atoms with Gasteiger partial charge in [0.2, 0.25) is 0 Å². The van der Waals surface area contributed by atoms with Crippen LogP contribution in [0.4, 0.5) is 0 Å². The van der Waals surface area contributed by atoms with Crippen molar-refractivity contribution in [3.8, 4) is 5.75 Å². The fourth-order valence-corrected chi connectivity index (χ4v) is 3.71. The molecule has 1 amide bonds. The smallest absolute Gasteiger partial charge is 0.252 e. The summed E-state index contributed by atoms with van der Waals surface area (Å²) in [6.07, 6.45) is 3.46. The van der Waals surface area contributed by atoms with Crippen LogP contribution in [0.1, 0.15) is 28.0 Å². The van der Waals surface area contributed by atoms with Crippen LogP contribution in [0.3, 0.4) is 0 Å². The quantitative estimate of drug-likeness (QED) is 0.788. The van der Waals surface area contributed by atoms with Gasteiger partial charge in [-0.1, -0.05) is 6.07 Å². The lowest BCUT2D eigenvalue weighted by atomic mass is 9.94. The van der Waals surface area contributed by atoms with Crippen LogP contribution in [0.5, 0.6) is 5.75 Å². The molecule has 3 rings (SSSR count). The number of nitrogens with two attached hydrogens (primary N) is 1. The van der Waals surface area contributed by atoms with Crippen LogP contribution in [0.25, 0.3) is 0 Å². The number of benzene rings is 1. The van der Waals surface area contributed by atoms with Crippen molar-refractivity contribution in [1.29, 1.82) is 0 Å². The molecule has 0 unspecified atom stereocenters. The van der Waals surface area contributed by atoms with Gasteiger partial charge in [0.15, 0.2) is 0 Å². The molecule has 1 aliphatic rings. The van der Waals surface area contributed by atoms with Crippen molar-refractivity contribution < 1.29 is 9.53 Å². The maximum absolute atomic E-state index is 11.5. The normalized spacial score (nSPS) is 16.7. The average Bonchev–Trinajstić information content (AvgIpc) is 2.98. The highest BCUT2D eigenvalue weighted by atomic mass is 79.9. The molecule has 2 aromatic rings. The molecule has 0 fully saturated rings. The number of carbonyl (C=O) groups is 1. The highest BCUT2D eigenvalue weighted by molar-refractivity contribution is 9.10. The molecule has 0 saturated carbocycles. The van der Waals surface area contributed by atoms with Crippen LogP contribution in [0.15, 0.2) is 28.9 Å². The fraction of sp³-hybridized carbons (Fsp3) is 0.412. The van der Waals surface area contributed by atoms with Crippen LogP contribution < -0.4 is 15.8 Å². The average molecular weight is 393 g/mol. The second kappa shape index (κ2) is 7.36. The molecule has 1 aromatic heterocycles. The van der Waals surface area contributed by atoms with Gasteiger partial charge < -0.3 is 15.8 Å². The number of nitrogens with one attached hydrogen (secondary N) is 1. The van der Waals surface area contributed by atoms with Crippen LogP contribution in [0, 0.1) is 5.92 Å². The number of amides is 1. The molecule has 0 saturated heterocycles. The first kappa shape index (κ1) is 17.0. The van der Waals surface area contributed by atoms with E-state index in [1.165, 1.54) is 5.56 Å². The summed E-state index contributed by atoms with van der Waals surface area (Å²) in [5.41, 5.74) is 8.13. The Hall–Kier alpha value is -1.86. The van der Waals surface area contributed by atoms with Gasteiger partial charge in [0.1, 0.15) is 5.75 Å². The summed E-state index contributed by atoms with van der Waals surface area (Å²) in [6.45, 7) is 2.52. The van der Waals surface area contributed by atoms with E-state index >= 15 is 0 Å². The molecular formula is C17H21BrN4O2. The van der Waals surface area contributed by atoms with E-state index in [1.807, 2.05) is 10.7 Å². The molecule has 0 bridgehead atoms. The number of primary amides is 1. The standard InChI is InChI=1S/C17H21BrN4O2/c1-24-16-3-2-11(6-14(16)18)8-20-9-12-4-5-22-15(7-12)13(10-21-22)17(19)23/h2-3,6,10,12,20H,4-5,7-9H2,1H3,(H2,19,23)/t12-/m0/s1. The maximum Gasteiger partial charge on any atom is 0.252 e. The number of nitrogens with zero attached hydrogens (tertiary/aromatic N) is 2. The molecule has 1 aromatic carbocycles. The first-order chi connectivity index (χ1) is 11.6. The highest BCUT2D eigenvalue weighted by Gasteiger charge is 2.23. The van der Waals surface area contributed by atoms with Gasteiger partial charge in [0.25, 0.3) is 5.91 Å². The molecule has 0 aliphatic carbocycles. The second-order valence-corrected chi connectivity index (χ2v) is 6.91. The van der Waals surface area contributed by atoms with Crippen molar-refractivity contribution in [1.82, 2.24) is 15.1 Å². The number of hydrogen-bond acceptors (Lipinski definition) is 4. The van der Waals surface area contributed by atoms with Crippen LogP contribution >= 0.6 is 15.9 Å². The minimum atomic E-state index is -0.395. The van der Waals surface area contributed by atoms with Gasteiger partial charge in [-0.3, -0.25) is 9.48 Å². The third-order valence-corrected chi connectivity index (χ3v) is 5.04. The largest absolute Gasteiger partial charge is 0.496 e. The molecule has 1 atom stereocenters. The number of hydrogen-bond donors (Lipinski definition) is 2. The highest BCUT2D eigenvalue weighted by Crippen LogP contribution is 2.26. The first-order valence-corrected chi connectivity index (χ1v) is 8.75. The summed E-state index contributed by atoms with van der Waals surface area (Å²) >= 11 is 3.50. The number of aryl methyl sites for hydroxylation is 1. The lowest BCUT2D eigenvalue weighted by Gasteiger charge is -2.24. The summed E-state index contributed by atoms with van der Waals surface area (Å²) in [7, 11) is 1.66. The van der Waals surface area contributed by atoms with E-state index in [4.69, 9.17) is 10.5 Å². The number of aromatic nitrogens is 2. The van der Waals surface area contributed by atoms with E-state index in [1.54, 1.807) is 13.3 Å². The van der Waals surface area contributed by atoms with Crippen molar-refractivity contribution in [2.45, 2.75) is 25.9 Å². The van der Waals surface area contributed by atoms with E-state index in [-0.39, 0.29) is 0 Å². The molecule has 24 heavy (non-hydrogen) atoms. The van der Waals surface area contributed by atoms with E-state index in [9.17, 15) is 4.79 Å². The molecule has 7 heteroatoms. The summed E-state index contributed by atoms with van der Waals surface area (Å²) in [5.74, 6) is 0.917. The Morgan fingerprint density at radius 1 is 1.54 bits per heavy atom. The molecule has 1 aliphatic heterocycles. The van der Waals surface area contributed by atoms with Crippen LogP contribution in [0.2, 0.25) is 0 Å². The summed E-state index contributed by atoms with van der Waals surface area (Å²) < 4.78 is 8.10. The molecule has 6 nitrogen and oxygen atoms in total. The van der Waals surface area contributed by atoms with Crippen molar-refractivity contribution >= 4 is 21.8 Å². The van der Waals surface area contributed by atoms with E-state index in [0.29, 0.717) is 11.5 Å². The Kier molecular flexibility index (Phi) is 5.20. The van der Waals surface area contributed by atoms with E-state index in [0.717, 1.165) is 48.4 Å². The third kappa shape index (κ3) is 3.62. The molecule has 0 radical (unpaired) electrons. The lowest BCUT2D eigenvalue weighted by Crippen LogP contribution is -2.30. The van der Waals surface area contributed by atoms with Gasteiger partial charge in [-0.05, 0) is 58.9 Å². The summed E-state index contributed by atoms with van der Waals surface area (Å²) in [6, 6.07) is 6.07. The Labute approximate surface area is 149 Å². The summed E-state index contributed by atoms with van der Waals surface area (Å²) in [4.78, 5) is 11.5. The van der Waals surface area contributed by atoms with Gasteiger partial charge in [0.05, 0.1) is 29.0 Å². The first-order valence-electron chi connectivity index (χ1n) is 7.96. The predicted molar refractivity (Wildman–Crippen MR) is 95.0 cm³/mol. The maximum atomic E-state index is 11.5. The van der Waals surface area contributed by atoms with Crippen molar-refractivity contribution in [3.05, 3.63) is 45.7 Å². The van der Waals surface area contributed by atoms with Crippen molar-refractivity contribution in [2.24, 2.45) is 11.7 Å². The Morgan fingerprint density at radius 2 is 2.38 bits per heavy atom. The van der Waals surface area contributed by atoms with Gasteiger partial charge in [-0.15, -0.1) is 0 Å². The van der Waals surface area contributed by atoms with Crippen LogP contribution in [-0.4, -0.2) is 29.3 Å². The van der Waals surface area contributed by atoms with Crippen molar-refractivity contribution in [3.63, 3.8) is 0 Å². The zero-order valence-corrected chi connectivity index (χ0v) is 15.2. The number of ether oxygens (including phenoxy) is 1. The lowest BCUT2D eigenvalue weighted by molar-refractivity contribution is 0.0998. The van der Waals surface area contributed by atoms with Gasteiger partial charge in [-0.2, -0.15) is 5.10 Å². The minimum absolute atomic E-state index is 0.395. The second-order valence-electron chi connectivity index (χ2n) is 6.05. The Bertz CT molecular complexity index is 744. The number of fused-ring (bicyclic) bond motifs is 1. The summed E-state index contributed by atoms with van der Waals surface area (Å²) in [5, 5.41) is 7.74. The Balaban J connectivity index is 1.55. The van der Waals surface area contributed by atoms with E-state index in [2.05, 4.69) is 38.5 Å². The number of carbonyl (C=O) groups excluding carboxylic acids is 1. The zero-order chi connectivity index (χ0) is 17.1. The molecule has 3 N–H and O–H groups in total. The van der Waals surface area contributed by atoms with Crippen LogP contribution in [-0.2, 0) is 19.5 Å². The SMILES string of the molecule is COc1ccc(CNC[C@H]2CCn3ncc(C(N)=O)c3C2)cc1Br. The number of halogens is 1. The molecule has 128 valence electrons. The molecule has 0 spiro atoms. The number of rotatable bonds is 6. The zero-order valence-electron chi connectivity index (χ0n) is 13.6. The monoisotopic (exact) mass is 392 g/mol. The van der Waals surface area contributed by atoms with Gasteiger partial charge in [-0.25, -0.2) is 0 Å². The minimum Gasteiger partial charge on any atom is -0.496 e.